The van der Waals surface area contributed by atoms with Gasteiger partial charge in [0.1, 0.15) is 16.9 Å². The number of rotatable bonds is 6. The molecule has 5 aromatic rings. The van der Waals surface area contributed by atoms with Gasteiger partial charge in [-0.1, -0.05) is 37.5 Å². The van der Waals surface area contributed by atoms with Gasteiger partial charge in [-0.2, -0.15) is 5.10 Å². The first kappa shape index (κ1) is 25.4. The van der Waals surface area contributed by atoms with Crippen molar-refractivity contribution in [1.82, 2.24) is 35.5 Å². The number of nitrogens with one attached hydrogen (secondary N) is 3. The number of pyridine rings is 2. The number of nitrogens with two attached hydrogens (primary N) is 1. The summed E-state index contributed by atoms with van der Waals surface area (Å²) in [6.07, 6.45) is 11.8. The number of hydrogen-bond donors (Lipinski definition) is 4. The van der Waals surface area contributed by atoms with E-state index in [1.807, 2.05) is 25.1 Å². The van der Waals surface area contributed by atoms with Gasteiger partial charge in [-0.15, -0.1) is 0 Å². The third kappa shape index (κ3) is 4.84. The molecule has 9 nitrogen and oxygen atoms in total. The lowest BCUT2D eigenvalue weighted by atomic mass is 9.88. The Morgan fingerprint density at radius 3 is 2.65 bits per heavy atom. The Hall–Kier alpha value is -4.86. The maximum absolute atomic E-state index is 14.6. The van der Waals surface area contributed by atoms with Gasteiger partial charge in [-0.3, -0.25) is 14.9 Å². The van der Waals surface area contributed by atoms with E-state index in [9.17, 15) is 9.18 Å². The highest BCUT2D eigenvalue weighted by Gasteiger charge is 2.21. The number of imidazole rings is 1. The quantitative estimate of drug-likeness (QED) is 0.208. The van der Waals surface area contributed by atoms with E-state index < -0.39 is 0 Å². The van der Waals surface area contributed by atoms with Crippen molar-refractivity contribution in [2.75, 3.05) is 0 Å². The summed E-state index contributed by atoms with van der Waals surface area (Å²) >= 11 is 0. The fourth-order valence-corrected chi connectivity index (χ4v) is 5.28. The van der Waals surface area contributed by atoms with Crippen LogP contribution in [-0.2, 0) is 4.79 Å². The van der Waals surface area contributed by atoms with Crippen LogP contribution in [0.4, 0.5) is 4.39 Å². The lowest BCUT2D eigenvalue weighted by Gasteiger charge is -2.21. The van der Waals surface area contributed by atoms with E-state index in [0.717, 1.165) is 25.7 Å². The summed E-state index contributed by atoms with van der Waals surface area (Å²) in [5.41, 5.74) is 12.0. The van der Waals surface area contributed by atoms with E-state index in [4.69, 9.17) is 15.7 Å². The van der Waals surface area contributed by atoms with Gasteiger partial charge in [0, 0.05) is 40.7 Å². The molecule has 0 atom stereocenters. The van der Waals surface area contributed by atoms with Crippen molar-refractivity contribution in [1.29, 1.82) is 0 Å². The number of allylic oxidation sites excluding steroid dienone is 3. The van der Waals surface area contributed by atoms with Crippen molar-refractivity contribution in [3.63, 3.8) is 0 Å². The molecule has 1 amide bonds. The van der Waals surface area contributed by atoms with E-state index in [1.54, 1.807) is 30.6 Å². The van der Waals surface area contributed by atoms with Crippen LogP contribution >= 0.6 is 0 Å². The standard InChI is InChI=1S/C30H29FN8O/c1-17(34-30(40)18-7-3-2-4-8-18)13-19(14-32)23-11-12-24-27(35-23)28(39-38-24)29-36-25-16-33-15-21(26(25)37-29)20-9-5-6-10-22(20)31/h5-6,9-16,18H,2-4,7-8,32H2,1H3,(H,34,40)(H,36,37)(H,38,39)/b17-13+,19-14+. The van der Waals surface area contributed by atoms with Gasteiger partial charge >= 0.3 is 0 Å². The Kier molecular flexibility index (Phi) is 6.81. The highest BCUT2D eigenvalue weighted by atomic mass is 19.1. The zero-order valence-corrected chi connectivity index (χ0v) is 22.0. The molecule has 10 heteroatoms. The van der Waals surface area contributed by atoms with E-state index >= 15 is 0 Å². The number of benzene rings is 1. The molecule has 0 aliphatic heterocycles. The SMILES string of the molecule is C/C(=C\C(=C/N)c1ccc2[nH]nc(-c3nc4c(-c5ccccc5F)cncc4[nH]3)c2n1)NC(=O)C1CCCCC1. The summed E-state index contributed by atoms with van der Waals surface area (Å²) in [6.45, 7) is 1.85. The van der Waals surface area contributed by atoms with E-state index in [-0.39, 0.29) is 17.6 Å². The topological polar surface area (TPSA) is 138 Å². The molecule has 1 fully saturated rings. The number of aromatic nitrogens is 6. The predicted octanol–water partition coefficient (Wildman–Crippen LogP) is 5.60. The lowest BCUT2D eigenvalue weighted by Crippen LogP contribution is -2.30. The van der Waals surface area contributed by atoms with Gasteiger partial charge in [0.25, 0.3) is 0 Å². The molecule has 202 valence electrons. The molecule has 1 aromatic carbocycles. The summed E-state index contributed by atoms with van der Waals surface area (Å²) in [6, 6.07) is 10.2. The van der Waals surface area contributed by atoms with Crippen molar-refractivity contribution in [2.45, 2.75) is 39.0 Å². The predicted molar refractivity (Wildman–Crippen MR) is 153 cm³/mol. The van der Waals surface area contributed by atoms with Crippen LogP contribution in [0.3, 0.4) is 0 Å². The summed E-state index contributed by atoms with van der Waals surface area (Å²) in [4.78, 5) is 29.8. The lowest BCUT2D eigenvalue weighted by molar-refractivity contribution is -0.125. The van der Waals surface area contributed by atoms with Gasteiger partial charge in [0.05, 0.1) is 22.9 Å². The molecule has 40 heavy (non-hydrogen) atoms. The monoisotopic (exact) mass is 536 g/mol. The summed E-state index contributed by atoms with van der Waals surface area (Å²) in [5.74, 6) is 0.237. The molecule has 4 heterocycles. The number of hydrogen-bond acceptors (Lipinski definition) is 6. The van der Waals surface area contributed by atoms with Gasteiger partial charge in [0.15, 0.2) is 11.5 Å². The average molecular weight is 537 g/mol. The normalized spacial score (nSPS) is 15.2. The van der Waals surface area contributed by atoms with Crippen LogP contribution < -0.4 is 11.1 Å². The molecular weight excluding hydrogens is 507 g/mol. The molecule has 0 saturated heterocycles. The second kappa shape index (κ2) is 10.7. The first-order valence-corrected chi connectivity index (χ1v) is 13.4. The molecule has 1 saturated carbocycles. The third-order valence-electron chi connectivity index (χ3n) is 7.33. The molecular formula is C30H29FN8O. The Balaban J connectivity index is 1.33. The highest BCUT2D eigenvalue weighted by Crippen LogP contribution is 2.32. The number of carbonyl (C=O) groups excluding carboxylic acids is 1. The first-order valence-electron chi connectivity index (χ1n) is 13.4. The van der Waals surface area contributed by atoms with Crippen molar-refractivity contribution >= 4 is 33.5 Å². The van der Waals surface area contributed by atoms with Crippen LogP contribution in [0.25, 0.3) is 50.3 Å². The van der Waals surface area contributed by atoms with Crippen LogP contribution in [0, 0.1) is 11.7 Å². The van der Waals surface area contributed by atoms with E-state index in [1.165, 1.54) is 18.7 Å². The Morgan fingerprint density at radius 1 is 1.02 bits per heavy atom. The van der Waals surface area contributed by atoms with Crippen LogP contribution in [0.2, 0.25) is 0 Å². The molecule has 1 aliphatic rings. The van der Waals surface area contributed by atoms with Crippen LogP contribution in [0.1, 0.15) is 44.7 Å². The van der Waals surface area contributed by atoms with Crippen molar-refractivity contribution in [2.24, 2.45) is 11.7 Å². The second-order valence-corrected chi connectivity index (χ2v) is 10.1. The maximum atomic E-state index is 14.6. The summed E-state index contributed by atoms with van der Waals surface area (Å²) in [7, 11) is 0. The van der Waals surface area contributed by atoms with Crippen molar-refractivity contribution in [3.8, 4) is 22.6 Å². The zero-order chi connectivity index (χ0) is 27.6. The number of halogens is 1. The largest absolute Gasteiger partial charge is 0.404 e. The molecule has 5 N–H and O–H groups in total. The summed E-state index contributed by atoms with van der Waals surface area (Å²) in [5, 5.41) is 10.5. The fourth-order valence-electron chi connectivity index (χ4n) is 5.28. The number of aromatic amines is 2. The van der Waals surface area contributed by atoms with Crippen molar-refractivity contribution < 1.29 is 9.18 Å². The fraction of sp³-hybridized carbons (Fsp3) is 0.233. The number of H-pyrrole nitrogens is 2. The number of carbonyl (C=O) groups is 1. The minimum absolute atomic E-state index is 0.0551. The van der Waals surface area contributed by atoms with Crippen LogP contribution in [0.15, 0.2) is 66.8 Å². The van der Waals surface area contributed by atoms with Crippen molar-refractivity contribution in [3.05, 3.63) is 78.3 Å². The minimum Gasteiger partial charge on any atom is -0.404 e. The maximum Gasteiger partial charge on any atom is 0.227 e. The smallest absolute Gasteiger partial charge is 0.227 e. The van der Waals surface area contributed by atoms with E-state index in [2.05, 4.69) is 25.5 Å². The first-order chi connectivity index (χ1) is 19.5. The van der Waals surface area contributed by atoms with Gasteiger partial charge in [0.2, 0.25) is 5.91 Å². The zero-order valence-electron chi connectivity index (χ0n) is 22.0. The number of fused-ring (bicyclic) bond motifs is 2. The Morgan fingerprint density at radius 2 is 1.85 bits per heavy atom. The molecule has 0 spiro atoms. The average Bonchev–Trinajstić information content (AvgIpc) is 3.60. The second-order valence-electron chi connectivity index (χ2n) is 10.1. The Labute approximate surface area is 229 Å². The number of nitrogens with zero attached hydrogens (tertiary/aromatic N) is 4. The van der Waals surface area contributed by atoms with E-state index in [0.29, 0.717) is 61.7 Å². The molecule has 0 radical (unpaired) electrons. The van der Waals surface area contributed by atoms with Gasteiger partial charge in [-0.05, 0) is 44.0 Å². The van der Waals surface area contributed by atoms with Crippen LogP contribution in [-0.4, -0.2) is 36.0 Å². The molecule has 0 unspecified atom stereocenters. The van der Waals surface area contributed by atoms with Gasteiger partial charge in [-0.25, -0.2) is 14.4 Å². The highest BCUT2D eigenvalue weighted by molar-refractivity contribution is 5.96. The molecule has 1 aliphatic carbocycles. The van der Waals surface area contributed by atoms with Gasteiger partial charge < -0.3 is 16.0 Å². The van der Waals surface area contributed by atoms with Crippen LogP contribution in [0.5, 0.6) is 0 Å². The molecule has 6 rings (SSSR count). The third-order valence-corrected chi connectivity index (χ3v) is 7.33. The molecule has 0 bridgehead atoms. The Bertz CT molecular complexity index is 1780. The number of amides is 1. The molecule has 4 aromatic heterocycles. The summed E-state index contributed by atoms with van der Waals surface area (Å²) < 4.78 is 14.6. The minimum atomic E-state index is -0.350.